The summed E-state index contributed by atoms with van der Waals surface area (Å²) in [5.74, 6) is 0.755. The number of rotatable bonds is 1. The van der Waals surface area contributed by atoms with Crippen molar-refractivity contribution in [2.75, 3.05) is 0 Å². The second-order valence-electron chi connectivity index (χ2n) is 1.88. The molecule has 0 amide bonds. The first-order valence-electron chi connectivity index (χ1n) is 2.78. The fraction of sp³-hybridized carbons (Fsp3) is 0.143. The van der Waals surface area contributed by atoms with Crippen molar-refractivity contribution in [2.24, 2.45) is 0 Å². The Kier molecular flexibility index (Phi) is 2.80. The fourth-order valence-corrected chi connectivity index (χ4v) is 1.67. The fourth-order valence-electron chi connectivity index (χ4n) is 0.669. The van der Waals surface area contributed by atoms with E-state index in [0.717, 1.165) is 9.13 Å². The first kappa shape index (κ1) is 8.14. The Morgan fingerprint density at radius 3 is 2.70 bits per heavy atom. The standard InChI is InChI=1S/C7H6ClIO/c8-4-5-2-1-3-6(10)7(5)9/h1-3,10H,4H2. The molecule has 54 valence electrons. The summed E-state index contributed by atoms with van der Waals surface area (Å²) in [6.45, 7) is 0. The first-order chi connectivity index (χ1) is 4.75. The monoisotopic (exact) mass is 268 g/mol. The van der Waals surface area contributed by atoms with Crippen LogP contribution in [0.2, 0.25) is 0 Å². The summed E-state index contributed by atoms with van der Waals surface area (Å²) in [7, 11) is 0. The van der Waals surface area contributed by atoms with E-state index in [1.165, 1.54) is 0 Å². The topological polar surface area (TPSA) is 20.2 Å². The van der Waals surface area contributed by atoms with Crippen LogP contribution in [0.25, 0.3) is 0 Å². The highest BCUT2D eigenvalue weighted by Gasteiger charge is 2.00. The Bertz CT molecular complexity index is 237. The predicted octanol–water partition coefficient (Wildman–Crippen LogP) is 2.74. The molecular weight excluding hydrogens is 262 g/mol. The number of halogens is 2. The van der Waals surface area contributed by atoms with E-state index in [0.29, 0.717) is 11.6 Å². The molecule has 0 unspecified atom stereocenters. The van der Waals surface area contributed by atoms with Crippen molar-refractivity contribution < 1.29 is 5.11 Å². The summed E-state index contributed by atoms with van der Waals surface area (Å²) < 4.78 is 0.843. The molecule has 0 aliphatic heterocycles. The Hall–Kier alpha value is 0.0400. The van der Waals surface area contributed by atoms with Gasteiger partial charge in [0.2, 0.25) is 0 Å². The molecule has 0 aromatic heterocycles. The van der Waals surface area contributed by atoms with Gasteiger partial charge in [-0.3, -0.25) is 0 Å². The summed E-state index contributed by atoms with van der Waals surface area (Å²) in [4.78, 5) is 0. The van der Waals surface area contributed by atoms with Gasteiger partial charge in [-0.1, -0.05) is 12.1 Å². The van der Waals surface area contributed by atoms with Crippen LogP contribution in [0.3, 0.4) is 0 Å². The van der Waals surface area contributed by atoms with Crippen molar-refractivity contribution in [2.45, 2.75) is 5.88 Å². The van der Waals surface area contributed by atoms with Crippen molar-refractivity contribution in [1.82, 2.24) is 0 Å². The summed E-state index contributed by atoms with van der Waals surface area (Å²) >= 11 is 7.66. The van der Waals surface area contributed by atoms with Gasteiger partial charge in [-0.2, -0.15) is 0 Å². The maximum atomic E-state index is 9.17. The van der Waals surface area contributed by atoms with Gasteiger partial charge < -0.3 is 5.11 Å². The molecule has 0 saturated carbocycles. The third kappa shape index (κ3) is 1.55. The molecule has 0 aliphatic carbocycles. The van der Waals surface area contributed by atoms with Crippen molar-refractivity contribution in [3.8, 4) is 5.75 Å². The van der Waals surface area contributed by atoms with Gasteiger partial charge in [-0.25, -0.2) is 0 Å². The molecular formula is C7H6ClIO. The van der Waals surface area contributed by atoms with E-state index in [1.54, 1.807) is 12.1 Å². The van der Waals surface area contributed by atoms with Crippen LogP contribution in [0.4, 0.5) is 0 Å². The van der Waals surface area contributed by atoms with Crippen LogP contribution in [0.5, 0.6) is 5.75 Å². The van der Waals surface area contributed by atoms with E-state index < -0.39 is 0 Å². The largest absolute Gasteiger partial charge is 0.507 e. The number of alkyl halides is 1. The van der Waals surface area contributed by atoms with Gasteiger partial charge in [0.05, 0.1) is 3.57 Å². The minimum atomic E-state index is 0.304. The van der Waals surface area contributed by atoms with Gasteiger partial charge >= 0.3 is 0 Å². The van der Waals surface area contributed by atoms with Crippen LogP contribution in [0.15, 0.2) is 18.2 Å². The highest BCUT2D eigenvalue weighted by molar-refractivity contribution is 14.1. The van der Waals surface area contributed by atoms with Crippen molar-refractivity contribution in [1.29, 1.82) is 0 Å². The van der Waals surface area contributed by atoms with Crippen LogP contribution in [-0.2, 0) is 5.88 Å². The van der Waals surface area contributed by atoms with Crippen LogP contribution in [-0.4, -0.2) is 5.11 Å². The lowest BCUT2D eigenvalue weighted by Crippen LogP contribution is -1.82. The Morgan fingerprint density at radius 2 is 2.20 bits per heavy atom. The molecule has 0 fully saturated rings. The van der Waals surface area contributed by atoms with Crippen molar-refractivity contribution >= 4 is 34.2 Å². The van der Waals surface area contributed by atoms with E-state index in [2.05, 4.69) is 22.6 Å². The van der Waals surface area contributed by atoms with Crippen LogP contribution in [0, 0.1) is 3.57 Å². The average molecular weight is 268 g/mol. The van der Waals surface area contributed by atoms with E-state index in [4.69, 9.17) is 16.7 Å². The van der Waals surface area contributed by atoms with Gasteiger partial charge in [-0.15, -0.1) is 11.6 Å². The summed E-state index contributed by atoms with van der Waals surface area (Å²) in [5, 5.41) is 9.17. The van der Waals surface area contributed by atoms with Gasteiger partial charge in [0.25, 0.3) is 0 Å². The average Bonchev–Trinajstić information content (AvgIpc) is 1.95. The van der Waals surface area contributed by atoms with Crippen LogP contribution < -0.4 is 0 Å². The smallest absolute Gasteiger partial charge is 0.129 e. The molecule has 0 spiro atoms. The molecule has 1 rings (SSSR count). The molecule has 0 atom stereocenters. The van der Waals surface area contributed by atoms with Gasteiger partial charge in [0.1, 0.15) is 5.75 Å². The quantitative estimate of drug-likeness (QED) is 0.613. The highest BCUT2D eigenvalue weighted by atomic mass is 127. The van der Waals surface area contributed by atoms with E-state index in [1.807, 2.05) is 6.07 Å². The maximum Gasteiger partial charge on any atom is 0.129 e. The molecule has 1 N–H and O–H groups in total. The molecule has 3 heteroatoms. The lowest BCUT2D eigenvalue weighted by atomic mass is 10.2. The van der Waals surface area contributed by atoms with E-state index >= 15 is 0 Å². The Morgan fingerprint density at radius 1 is 1.50 bits per heavy atom. The minimum absolute atomic E-state index is 0.304. The highest BCUT2D eigenvalue weighted by Crippen LogP contribution is 2.23. The zero-order chi connectivity index (χ0) is 7.56. The number of benzene rings is 1. The number of hydrogen-bond acceptors (Lipinski definition) is 1. The normalized spacial score (nSPS) is 9.80. The van der Waals surface area contributed by atoms with E-state index in [-0.39, 0.29) is 0 Å². The first-order valence-corrected chi connectivity index (χ1v) is 4.39. The van der Waals surface area contributed by atoms with E-state index in [9.17, 15) is 0 Å². The van der Waals surface area contributed by atoms with Crippen LogP contribution in [0.1, 0.15) is 5.56 Å². The Labute approximate surface area is 78.2 Å². The second kappa shape index (κ2) is 3.44. The lowest BCUT2D eigenvalue weighted by Gasteiger charge is -2.00. The molecule has 1 aromatic rings. The number of phenolic OH excluding ortho intramolecular Hbond substituents is 1. The number of aromatic hydroxyl groups is 1. The summed E-state index contributed by atoms with van der Waals surface area (Å²) in [6, 6.07) is 5.33. The lowest BCUT2D eigenvalue weighted by molar-refractivity contribution is 0.471. The third-order valence-electron chi connectivity index (χ3n) is 1.20. The maximum absolute atomic E-state index is 9.17. The molecule has 0 saturated heterocycles. The Balaban J connectivity index is 3.14. The van der Waals surface area contributed by atoms with Crippen molar-refractivity contribution in [3.63, 3.8) is 0 Å². The van der Waals surface area contributed by atoms with Crippen molar-refractivity contribution in [3.05, 3.63) is 27.3 Å². The summed E-state index contributed by atoms with van der Waals surface area (Å²) in [5.41, 5.74) is 0.974. The molecule has 10 heavy (non-hydrogen) atoms. The molecule has 1 nitrogen and oxygen atoms in total. The molecule has 0 heterocycles. The SMILES string of the molecule is Oc1cccc(CCl)c1I. The van der Waals surface area contributed by atoms with Gasteiger partial charge in [0, 0.05) is 5.88 Å². The molecule has 0 radical (unpaired) electrons. The molecule has 0 aliphatic rings. The van der Waals surface area contributed by atoms with Gasteiger partial charge in [0.15, 0.2) is 0 Å². The number of hydrogen-bond donors (Lipinski definition) is 1. The minimum Gasteiger partial charge on any atom is -0.507 e. The molecule has 1 aromatic carbocycles. The molecule has 0 bridgehead atoms. The van der Waals surface area contributed by atoms with Gasteiger partial charge in [-0.05, 0) is 34.2 Å². The zero-order valence-corrected chi connectivity index (χ0v) is 8.06. The van der Waals surface area contributed by atoms with Crippen LogP contribution >= 0.6 is 34.2 Å². The number of phenols is 1. The second-order valence-corrected chi connectivity index (χ2v) is 3.23. The summed E-state index contributed by atoms with van der Waals surface area (Å²) in [6.07, 6.45) is 0. The predicted molar refractivity (Wildman–Crippen MR) is 50.4 cm³/mol. The third-order valence-corrected chi connectivity index (χ3v) is 2.74. The zero-order valence-electron chi connectivity index (χ0n) is 5.14.